The molecule has 74 valence electrons. The Morgan fingerprint density at radius 2 is 1.75 bits per heavy atom. The van der Waals surface area contributed by atoms with Crippen molar-refractivity contribution in [2.24, 2.45) is 0 Å². The van der Waals surface area contributed by atoms with Crippen molar-refractivity contribution in [2.75, 3.05) is 20.6 Å². The van der Waals surface area contributed by atoms with Gasteiger partial charge in [-0.3, -0.25) is 0 Å². The van der Waals surface area contributed by atoms with E-state index in [1.807, 2.05) is 19.0 Å². The topological polar surface area (TPSA) is 43.7 Å². The summed E-state index contributed by atoms with van der Waals surface area (Å²) in [5, 5.41) is 18.8. The Morgan fingerprint density at radius 1 is 1.17 bits per heavy atom. The summed E-state index contributed by atoms with van der Waals surface area (Å²) in [5.74, 6) is 0. The zero-order chi connectivity index (χ0) is 9.56. The highest BCUT2D eigenvalue weighted by atomic mass is 16.3. The second-order valence-corrected chi connectivity index (χ2v) is 3.54. The smallest absolute Gasteiger partial charge is 0.0925 e. The second kappa shape index (κ2) is 6.40. The van der Waals surface area contributed by atoms with Crippen LogP contribution in [0.5, 0.6) is 0 Å². The summed E-state index contributed by atoms with van der Waals surface area (Å²) in [6.07, 6.45) is 1.57. The Balaban J connectivity index is 3.53. The average Bonchev–Trinajstić information content (AvgIpc) is 1.98. The minimum absolute atomic E-state index is 0.533. The van der Waals surface area contributed by atoms with Crippen molar-refractivity contribution in [3.63, 3.8) is 0 Å². The van der Waals surface area contributed by atoms with Crippen LogP contribution in [0.2, 0.25) is 0 Å². The lowest BCUT2D eigenvalue weighted by atomic mass is 10.1. The maximum absolute atomic E-state index is 9.42. The molecule has 3 heteroatoms. The number of hydrogen-bond donors (Lipinski definition) is 2. The minimum Gasteiger partial charge on any atom is -0.390 e. The van der Waals surface area contributed by atoms with Crippen LogP contribution in [0, 0.1) is 0 Å². The molecule has 0 amide bonds. The average molecular weight is 175 g/mol. The van der Waals surface area contributed by atoms with Crippen LogP contribution < -0.4 is 0 Å². The molecule has 0 aliphatic heterocycles. The zero-order valence-electron chi connectivity index (χ0n) is 8.32. The third-order valence-corrected chi connectivity index (χ3v) is 1.85. The number of nitrogens with zero attached hydrogens (tertiary/aromatic N) is 1. The first kappa shape index (κ1) is 11.9. The first-order valence-electron chi connectivity index (χ1n) is 4.58. The molecular formula is C9H21NO2. The summed E-state index contributed by atoms with van der Waals surface area (Å²) < 4.78 is 0. The zero-order valence-corrected chi connectivity index (χ0v) is 8.32. The molecule has 0 spiro atoms. The minimum atomic E-state index is -0.605. The molecule has 0 aromatic carbocycles. The molecule has 0 heterocycles. The van der Waals surface area contributed by atoms with Crippen LogP contribution in [0.15, 0.2) is 0 Å². The van der Waals surface area contributed by atoms with Crippen molar-refractivity contribution in [2.45, 2.75) is 38.4 Å². The van der Waals surface area contributed by atoms with Crippen molar-refractivity contribution in [3.05, 3.63) is 0 Å². The standard InChI is InChI=1S/C9H21NO2/c1-4-5-6-8(11)9(12)7-10(2)3/h8-9,11-12H,4-7H2,1-3H3. The molecule has 0 radical (unpaired) electrons. The van der Waals surface area contributed by atoms with Gasteiger partial charge in [0.15, 0.2) is 0 Å². The highest BCUT2D eigenvalue weighted by molar-refractivity contribution is 4.68. The molecule has 0 bridgehead atoms. The van der Waals surface area contributed by atoms with Crippen molar-refractivity contribution in [1.82, 2.24) is 4.90 Å². The summed E-state index contributed by atoms with van der Waals surface area (Å²) >= 11 is 0. The van der Waals surface area contributed by atoms with Gasteiger partial charge in [-0.15, -0.1) is 0 Å². The molecule has 0 aliphatic rings. The Morgan fingerprint density at radius 3 is 2.17 bits per heavy atom. The largest absolute Gasteiger partial charge is 0.390 e. The normalized spacial score (nSPS) is 16.5. The predicted octanol–water partition coefficient (Wildman–Crippen LogP) is 0.460. The van der Waals surface area contributed by atoms with E-state index in [2.05, 4.69) is 6.92 Å². The molecule has 0 aliphatic carbocycles. The maximum atomic E-state index is 9.42. The number of hydrogen-bond acceptors (Lipinski definition) is 3. The fourth-order valence-corrected chi connectivity index (χ4v) is 1.10. The highest BCUT2D eigenvalue weighted by Gasteiger charge is 2.15. The van der Waals surface area contributed by atoms with Gasteiger partial charge >= 0.3 is 0 Å². The van der Waals surface area contributed by atoms with Gasteiger partial charge in [0.05, 0.1) is 12.2 Å². The summed E-state index contributed by atoms with van der Waals surface area (Å²) in [6, 6.07) is 0. The maximum Gasteiger partial charge on any atom is 0.0925 e. The SMILES string of the molecule is CCCCC(O)C(O)CN(C)C. The molecule has 0 saturated heterocycles. The van der Waals surface area contributed by atoms with Gasteiger partial charge < -0.3 is 15.1 Å². The van der Waals surface area contributed by atoms with E-state index in [0.29, 0.717) is 13.0 Å². The molecule has 0 rings (SSSR count). The molecule has 2 atom stereocenters. The number of unbranched alkanes of at least 4 members (excludes halogenated alkanes) is 1. The van der Waals surface area contributed by atoms with Crippen LogP contribution in [0.25, 0.3) is 0 Å². The molecular weight excluding hydrogens is 154 g/mol. The molecule has 0 aromatic rings. The fourth-order valence-electron chi connectivity index (χ4n) is 1.10. The first-order chi connectivity index (χ1) is 5.57. The third kappa shape index (κ3) is 5.52. The van der Waals surface area contributed by atoms with E-state index in [-0.39, 0.29) is 0 Å². The van der Waals surface area contributed by atoms with Gasteiger partial charge in [-0.05, 0) is 20.5 Å². The van der Waals surface area contributed by atoms with Gasteiger partial charge in [-0.25, -0.2) is 0 Å². The van der Waals surface area contributed by atoms with Gasteiger partial charge in [0.1, 0.15) is 0 Å². The lowest BCUT2D eigenvalue weighted by Gasteiger charge is -2.20. The molecule has 0 aromatic heterocycles. The first-order valence-corrected chi connectivity index (χ1v) is 4.58. The van der Waals surface area contributed by atoms with Crippen LogP contribution in [-0.4, -0.2) is 48.0 Å². The van der Waals surface area contributed by atoms with Gasteiger partial charge in [0.25, 0.3) is 0 Å². The van der Waals surface area contributed by atoms with Gasteiger partial charge in [0.2, 0.25) is 0 Å². The third-order valence-electron chi connectivity index (χ3n) is 1.85. The summed E-state index contributed by atoms with van der Waals surface area (Å²) in [4.78, 5) is 1.87. The van der Waals surface area contributed by atoms with E-state index < -0.39 is 12.2 Å². The number of aliphatic hydroxyl groups excluding tert-OH is 2. The predicted molar refractivity (Wildman–Crippen MR) is 50.1 cm³/mol. The molecule has 0 saturated carbocycles. The Hall–Kier alpha value is -0.120. The molecule has 2 N–H and O–H groups in total. The van der Waals surface area contributed by atoms with E-state index in [1.165, 1.54) is 0 Å². The van der Waals surface area contributed by atoms with Crippen molar-refractivity contribution in [1.29, 1.82) is 0 Å². The van der Waals surface area contributed by atoms with Crippen LogP contribution in [0.4, 0.5) is 0 Å². The van der Waals surface area contributed by atoms with Gasteiger partial charge in [0, 0.05) is 6.54 Å². The van der Waals surface area contributed by atoms with Gasteiger partial charge in [-0.2, -0.15) is 0 Å². The summed E-state index contributed by atoms with van der Waals surface area (Å²) in [7, 11) is 3.77. The lowest BCUT2D eigenvalue weighted by Crippen LogP contribution is -2.35. The van der Waals surface area contributed by atoms with Crippen LogP contribution in [0.1, 0.15) is 26.2 Å². The summed E-state index contributed by atoms with van der Waals surface area (Å²) in [5.41, 5.74) is 0. The number of rotatable bonds is 6. The van der Waals surface area contributed by atoms with E-state index in [9.17, 15) is 10.2 Å². The Labute approximate surface area is 75.0 Å². The lowest BCUT2D eigenvalue weighted by molar-refractivity contribution is 0.000197. The van der Waals surface area contributed by atoms with Crippen molar-refractivity contribution >= 4 is 0 Å². The summed E-state index contributed by atoms with van der Waals surface area (Å²) in [6.45, 7) is 2.61. The van der Waals surface area contributed by atoms with Crippen molar-refractivity contribution in [3.8, 4) is 0 Å². The molecule has 12 heavy (non-hydrogen) atoms. The quantitative estimate of drug-likeness (QED) is 0.616. The van der Waals surface area contributed by atoms with E-state index >= 15 is 0 Å². The van der Waals surface area contributed by atoms with E-state index in [4.69, 9.17) is 0 Å². The fraction of sp³-hybridized carbons (Fsp3) is 1.00. The Kier molecular flexibility index (Phi) is 6.34. The Bertz CT molecular complexity index is 107. The highest BCUT2D eigenvalue weighted by Crippen LogP contribution is 2.05. The van der Waals surface area contributed by atoms with Crippen LogP contribution in [-0.2, 0) is 0 Å². The van der Waals surface area contributed by atoms with E-state index in [1.54, 1.807) is 0 Å². The number of likely N-dealkylation sites (N-methyl/N-ethyl adjacent to an activating group) is 1. The van der Waals surface area contributed by atoms with Gasteiger partial charge in [-0.1, -0.05) is 19.8 Å². The molecule has 2 unspecified atom stereocenters. The van der Waals surface area contributed by atoms with Crippen LogP contribution >= 0.6 is 0 Å². The van der Waals surface area contributed by atoms with Crippen LogP contribution in [0.3, 0.4) is 0 Å². The van der Waals surface area contributed by atoms with Crippen molar-refractivity contribution < 1.29 is 10.2 Å². The number of aliphatic hydroxyl groups is 2. The second-order valence-electron chi connectivity index (χ2n) is 3.54. The molecule has 0 fully saturated rings. The van der Waals surface area contributed by atoms with E-state index in [0.717, 1.165) is 12.8 Å². The molecule has 3 nitrogen and oxygen atoms in total. The monoisotopic (exact) mass is 175 g/mol.